The second-order valence-electron chi connectivity index (χ2n) is 4.99. The molecule has 0 bridgehead atoms. The van der Waals surface area contributed by atoms with E-state index in [2.05, 4.69) is 5.32 Å². The van der Waals surface area contributed by atoms with Crippen LogP contribution in [0.1, 0.15) is 15.9 Å². The lowest BCUT2D eigenvalue weighted by molar-refractivity contribution is -0.384. The maximum atomic E-state index is 12.0. The van der Waals surface area contributed by atoms with Crippen LogP contribution in [0.5, 0.6) is 5.75 Å². The van der Waals surface area contributed by atoms with Gasteiger partial charge in [-0.05, 0) is 30.7 Å². The number of nitro groups is 1. The molecule has 24 heavy (non-hydrogen) atoms. The fraction of sp³-hybridized carbons (Fsp3) is 0.235. The molecule has 0 unspecified atom stereocenters. The molecule has 0 aliphatic rings. The largest absolute Gasteiger partial charge is 0.490 e. The highest BCUT2D eigenvalue weighted by molar-refractivity contribution is 5.91. The summed E-state index contributed by atoms with van der Waals surface area (Å²) in [4.78, 5) is 22.4. The molecule has 0 atom stereocenters. The van der Waals surface area contributed by atoms with Gasteiger partial charge in [-0.3, -0.25) is 10.1 Å². The molecule has 7 heteroatoms. The summed E-state index contributed by atoms with van der Waals surface area (Å²) in [5.41, 5.74) is 1.27. The van der Waals surface area contributed by atoms with Crippen molar-refractivity contribution in [3.63, 3.8) is 0 Å². The zero-order valence-electron chi connectivity index (χ0n) is 13.4. The molecular weight excluding hydrogens is 312 g/mol. The first-order valence-electron chi connectivity index (χ1n) is 7.34. The number of hydrogen-bond acceptors (Lipinski definition) is 6. The van der Waals surface area contributed by atoms with Crippen LogP contribution in [-0.4, -0.2) is 31.2 Å². The minimum Gasteiger partial charge on any atom is -0.490 e. The maximum Gasteiger partial charge on any atom is 0.338 e. The minimum atomic E-state index is -0.630. The van der Waals surface area contributed by atoms with Crippen molar-refractivity contribution in [1.82, 2.24) is 0 Å². The fourth-order valence-corrected chi connectivity index (χ4v) is 2.11. The SMILES string of the molecule is CNc1ccc(C(=O)OCCOc2ccccc2C)cc1[N+](=O)[O-]. The molecule has 0 saturated carbocycles. The first-order chi connectivity index (χ1) is 11.5. The molecule has 7 nitrogen and oxygen atoms in total. The Morgan fingerprint density at radius 3 is 2.62 bits per heavy atom. The van der Waals surface area contributed by atoms with Crippen LogP contribution in [0.15, 0.2) is 42.5 Å². The predicted molar refractivity (Wildman–Crippen MR) is 89.6 cm³/mol. The van der Waals surface area contributed by atoms with Crippen molar-refractivity contribution in [3.05, 3.63) is 63.7 Å². The van der Waals surface area contributed by atoms with Crippen LogP contribution in [0.2, 0.25) is 0 Å². The van der Waals surface area contributed by atoms with Crippen molar-refractivity contribution >= 4 is 17.3 Å². The lowest BCUT2D eigenvalue weighted by Gasteiger charge is -2.09. The summed E-state index contributed by atoms with van der Waals surface area (Å²) in [5.74, 6) is 0.0942. The van der Waals surface area contributed by atoms with Crippen molar-refractivity contribution in [2.75, 3.05) is 25.6 Å². The van der Waals surface area contributed by atoms with Crippen LogP contribution in [0, 0.1) is 17.0 Å². The molecule has 0 saturated heterocycles. The number of hydrogen-bond donors (Lipinski definition) is 1. The van der Waals surface area contributed by atoms with E-state index in [1.165, 1.54) is 18.2 Å². The normalized spacial score (nSPS) is 10.1. The molecule has 0 fully saturated rings. The summed E-state index contributed by atoms with van der Waals surface area (Å²) < 4.78 is 10.6. The highest BCUT2D eigenvalue weighted by atomic mass is 16.6. The summed E-state index contributed by atoms with van der Waals surface area (Å²) in [6, 6.07) is 11.7. The van der Waals surface area contributed by atoms with E-state index >= 15 is 0 Å². The van der Waals surface area contributed by atoms with Crippen LogP contribution in [0.25, 0.3) is 0 Å². The number of aryl methyl sites for hydroxylation is 1. The summed E-state index contributed by atoms with van der Waals surface area (Å²) in [5, 5.41) is 13.7. The summed E-state index contributed by atoms with van der Waals surface area (Å²) in [6.07, 6.45) is 0. The van der Waals surface area contributed by atoms with Gasteiger partial charge in [0.25, 0.3) is 5.69 Å². The third-order valence-corrected chi connectivity index (χ3v) is 3.37. The molecule has 1 N–H and O–H groups in total. The second kappa shape index (κ2) is 7.96. The number of anilines is 1. The first kappa shape index (κ1) is 17.3. The Hall–Kier alpha value is -3.09. The van der Waals surface area contributed by atoms with E-state index in [0.29, 0.717) is 5.69 Å². The van der Waals surface area contributed by atoms with Crippen LogP contribution >= 0.6 is 0 Å². The van der Waals surface area contributed by atoms with Gasteiger partial charge in [0.05, 0.1) is 10.5 Å². The Morgan fingerprint density at radius 2 is 1.96 bits per heavy atom. The molecule has 0 aliphatic carbocycles. The zero-order chi connectivity index (χ0) is 17.5. The van der Waals surface area contributed by atoms with Gasteiger partial charge in [-0.25, -0.2) is 4.79 Å². The number of carbonyl (C=O) groups excluding carboxylic acids is 1. The molecule has 2 aromatic rings. The molecule has 0 aliphatic heterocycles. The van der Waals surface area contributed by atoms with Crippen molar-refractivity contribution in [3.8, 4) is 5.75 Å². The van der Waals surface area contributed by atoms with Crippen LogP contribution in [-0.2, 0) is 4.74 Å². The van der Waals surface area contributed by atoms with Gasteiger partial charge < -0.3 is 14.8 Å². The van der Waals surface area contributed by atoms with E-state index in [9.17, 15) is 14.9 Å². The summed E-state index contributed by atoms with van der Waals surface area (Å²) in [6.45, 7) is 2.17. The molecule has 2 rings (SSSR count). The van der Waals surface area contributed by atoms with Gasteiger partial charge >= 0.3 is 5.97 Å². The lowest BCUT2D eigenvalue weighted by atomic mass is 10.1. The van der Waals surface area contributed by atoms with Gasteiger partial charge in [0.2, 0.25) is 0 Å². The van der Waals surface area contributed by atoms with Crippen LogP contribution < -0.4 is 10.1 Å². The van der Waals surface area contributed by atoms with E-state index in [-0.39, 0.29) is 24.5 Å². The Balaban J connectivity index is 1.92. The fourth-order valence-electron chi connectivity index (χ4n) is 2.11. The van der Waals surface area contributed by atoms with Gasteiger partial charge in [0.1, 0.15) is 24.7 Å². The Labute approximate surface area is 139 Å². The number of para-hydroxylation sites is 1. The van der Waals surface area contributed by atoms with Crippen molar-refractivity contribution in [2.45, 2.75) is 6.92 Å². The quantitative estimate of drug-likeness (QED) is 0.363. The van der Waals surface area contributed by atoms with Gasteiger partial charge in [-0.2, -0.15) is 0 Å². The van der Waals surface area contributed by atoms with E-state index < -0.39 is 10.9 Å². The highest BCUT2D eigenvalue weighted by Gasteiger charge is 2.17. The number of rotatable bonds is 7. The van der Waals surface area contributed by atoms with E-state index in [4.69, 9.17) is 9.47 Å². The van der Waals surface area contributed by atoms with Crippen molar-refractivity contribution in [1.29, 1.82) is 0 Å². The van der Waals surface area contributed by atoms with Gasteiger partial charge in [-0.15, -0.1) is 0 Å². The summed E-state index contributed by atoms with van der Waals surface area (Å²) >= 11 is 0. The van der Waals surface area contributed by atoms with E-state index in [0.717, 1.165) is 11.3 Å². The number of esters is 1. The Bertz CT molecular complexity index is 746. The molecule has 0 spiro atoms. The molecule has 2 aromatic carbocycles. The van der Waals surface area contributed by atoms with Crippen LogP contribution in [0.3, 0.4) is 0 Å². The molecule has 0 amide bonds. The highest BCUT2D eigenvalue weighted by Crippen LogP contribution is 2.25. The standard InChI is InChI=1S/C17H18N2O5/c1-12-5-3-4-6-16(12)23-9-10-24-17(20)13-7-8-14(18-2)15(11-13)19(21)22/h3-8,11,18H,9-10H2,1-2H3. The minimum absolute atomic E-state index is 0.0503. The Morgan fingerprint density at radius 1 is 1.21 bits per heavy atom. The molecule has 0 aromatic heterocycles. The maximum absolute atomic E-state index is 12.0. The zero-order valence-corrected chi connectivity index (χ0v) is 13.4. The van der Waals surface area contributed by atoms with E-state index in [1.54, 1.807) is 7.05 Å². The number of nitro benzene ring substituents is 1. The monoisotopic (exact) mass is 330 g/mol. The smallest absolute Gasteiger partial charge is 0.338 e. The predicted octanol–water partition coefficient (Wildman–Crippen LogP) is 3.18. The van der Waals surface area contributed by atoms with Gasteiger partial charge in [0.15, 0.2) is 0 Å². The average Bonchev–Trinajstić information content (AvgIpc) is 2.59. The molecule has 0 radical (unpaired) electrons. The molecule has 0 heterocycles. The average molecular weight is 330 g/mol. The van der Waals surface area contributed by atoms with Crippen molar-refractivity contribution < 1.29 is 19.2 Å². The summed E-state index contributed by atoms with van der Waals surface area (Å²) in [7, 11) is 1.57. The second-order valence-corrected chi connectivity index (χ2v) is 4.99. The number of benzene rings is 2. The van der Waals surface area contributed by atoms with Crippen LogP contribution in [0.4, 0.5) is 11.4 Å². The first-order valence-corrected chi connectivity index (χ1v) is 7.34. The van der Waals surface area contributed by atoms with Gasteiger partial charge in [0, 0.05) is 13.1 Å². The third kappa shape index (κ3) is 4.22. The van der Waals surface area contributed by atoms with Crippen molar-refractivity contribution in [2.24, 2.45) is 0 Å². The van der Waals surface area contributed by atoms with E-state index in [1.807, 2.05) is 31.2 Å². The number of ether oxygens (including phenoxy) is 2. The Kier molecular flexibility index (Phi) is 5.73. The topological polar surface area (TPSA) is 90.7 Å². The number of nitrogens with zero attached hydrogens (tertiary/aromatic N) is 1. The molecular formula is C17H18N2O5. The molecule has 126 valence electrons. The lowest BCUT2D eigenvalue weighted by Crippen LogP contribution is -2.13. The number of carbonyl (C=O) groups is 1. The van der Waals surface area contributed by atoms with Gasteiger partial charge in [-0.1, -0.05) is 18.2 Å². The number of nitrogens with one attached hydrogen (secondary N) is 1. The third-order valence-electron chi connectivity index (χ3n) is 3.37.